The number of nitrogens with zero attached hydrogens (tertiary/aromatic N) is 3. The number of alkyl halides is 3. The average molecular weight is 628 g/mol. The van der Waals surface area contributed by atoms with Crippen molar-refractivity contribution in [1.82, 2.24) is 4.90 Å². The van der Waals surface area contributed by atoms with Crippen LogP contribution in [0, 0.1) is 5.92 Å². The second-order valence-corrected chi connectivity index (χ2v) is 10.9. The second-order valence-electron chi connectivity index (χ2n) is 10.9. The number of benzene rings is 3. The fraction of sp³-hybridized carbons (Fsp3) is 0.394. The molecule has 0 aliphatic carbocycles. The van der Waals surface area contributed by atoms with Gasteiger partial charge in [-0.1, -0.05) is 18.2 Å². The minimum atomic E-state index is -4.44. The number of piperidine rings is 1. The predicted molar refractivity (Wildman–Crippen MR) is 162 cm³/mol. The van der Waals surface area contributed by atoms with Gasteiger partial charge in [-0.05, 0) is 42.3 Å². The SMILES string of the molecule is COc1ccc([C@H]2[C@@H](C(=O)N3CCN(c4cccc(C(F)(F)F)c4)CC3)CCC(=O)N2c2cc(OC)c(OC)c(OC)c2)cc1. The monoisotopic (exact) mass is 627 g/mol. The van der Waals surface area contributed by atoms with Crippen LogP contribution < -0.4 is 28.7 Å². The van der Waals surface area contributed by atoms with Crippen LogP contribution in [0.3, 0.4) is 0 Å². The molecule has 0 radical (unpaired) electrons. The van der Waals surface area contributed by atoms with Gasteiger partial charge in [0, 0.05) is 50.4 Å². The maximum Gasteiger partial charge on any atom is 0.416 e. The number of rotatable bonds is 8. The Hall–Kier alpha value is -4.61. The molecule has 0 unspecified atom stereocenters. The van der Waals surface area contributed by atoms with Gasteiger partial charge in [-0.3, -0.25) is 9.59 Å². The number of carbonyl (C=O) groups excluding carboxylic acids is 2. The zero-order chi connectivity index (χ0) is 32.3. The molecule has 240 valence electrons. The zero-order valence-corrected chi connectivity index (χ0v) is 25.6. The summed E-state index contributed by atoms with van der Waals surface area (Å²) >= 11 is 0. The van der Waals surface area contributed by atoms with E-state index in [1.807, 2.05) is 17.0 Å². The van der Waals surface area contributed by atoms with Gasteiger partial charge < -0.3 is 33.6 Å². The Kier molecular flexibility index (Phi) is 9.31. The predicted octanol–water partition coefficient (Wildman–Crippen LogP) is 5.57. The Morgan fingerprint density at radius 3 is 2.00 bits per heavy atom. The van der Waals surface area contributed by atoms with Crippen molar-refractivity contribution in [3.63, 3.8) is 0 Å². The van der Waals surface area contributed by atoms with Crippen LogP contribution in [0.5, 0.6) is 23.0 Å². The Bertz CT molecular complexity index is 1500. The van der Waals surface area contributed by atoms with Crippen LogP contribution in [0.2, 0.25) is 0 Å². The summed E-state index contributed by atoms with van der Waals surface area (Å²) in [7, 11) is 6.04. The average Bonchev–Trinajstić information content (AvgIpc) is 3.06. The molecule has 0 N–H and O–H groups in total. The van der Waals surface area contributed by atoms with Gasteiger partial charge in [0.05, 0.1) is 51.6 Å². The van der Waals surface area contributed by atoms with Crippen molar-refractivity contribution in [2.75, 3.05) is 64.4 Å². The lowest BCUT2D eigenvalue weighted by atomic mass is 9.82. The summed E-state index contributed by atoms with van der Waals surface area (Å²) in [5, 5.41) is 0. The van der Waals surface area contributed by atoms with Gasteiger partial charge in [0.25, 0.3) is 0 Å². The van der Waals surface area contributed by atoms with Crippen molar-refractivity contribution in [3.05, 3.63) is 71.8 Å². The molecule has 3 aromatic carbocycles. The van der Waals surface area contributed by atoms with Crippen molar-refractivity contribution >= 4 is 23.2 Å². The number of piperazine rings is 1. The van der Waals surface area contributed by atoms with Gasteiger partial charge >= 0.3 is 6.18 Å². The highest BCUT2D eigenvalue weighted by molar-refractivity contribution is 5.98. The van der Waals surface area contributed by atoms with E-state index in [4.69, 9.17) is 18.9 Å². The number of carbonyl (C=O) groups is 2. The summed E-state index contributed by atoms with van der Waals surface area (Å²) in [5.41, 5.74) is 0.991. The largest absolute Gasteiger partial charge is 0.497 e. The van der Waals surface area contributed by atoms with Crippen LogP contribution >= 0.6 is 0 Å². The molecule has 2 atom stereocenters. The van der Waals surface area contributed by atoms with E-state index in [1.54, 1.807) is 47.2 Å². The molecular formula is C33H36F3N3O6. The summed E-state index contributed by atoms with van der Waals surface area (Å²) in [6, 6.07) is 15.2. The number of methoxy groups -OCH3 is 4. The van der Waals surface area contributed by atoms with Gasteiger partial charge in [0.1, 0.15) is 5.75 Å². The summed E-state index contributed by atoms with van der Waals surface area (Å²) < 4.78 is 61.9. The van der Waals surface area contributed by atoms with E-state index in [0.717, 1.165) is 17.7 Å². The maximum absolute atomic E-state index is 14.2. The molecule has 2 amide bonds. The second kappa shape index (κ2) is 13.2. The fourth-order valence-corrected chi connectivity index (χ4v) is 6.14. The number of ether oxygens (including phenoxy) is 4. The molecule has 45 heavy (non-hydrogen) atoms. The molecule has 0 bridgehead atoms. The standard InChI is InChI=1S/C33H36F3N3O6/c1-42-25-10-8-21(9-11-25)30-26(12-13-29(40)39(30)24-19-27(43-2)31(45-4)28(20-24)44-3)32(41)38-16-14-37(15-17-38)23-7-5-6-22(18-23)33(34,35)36/h5-11,18-20,26,30H,12-17H2,1-4H3/t26-,30-/m0/s1. The van der Waals surface area contributed by atoms with E-state index in [0.29, 0.717) is 67.0 Å². The van der Waals surface area contributed by atoms with Crippen molar-refractivity contribution in [2.45, 2.75) is 25.1 Å². The van der Waals surface area contributed by atoms with E-state index >= 15 is 0 Å². The Morgan fingerprint density at radius 2 is 1.44 bits per heavy atom. The summed E-state index contributed by atoms with van der Waals surface area (Å²) in [6.45, 7) is 1.42. The van der Waals surface area contributed by atoms with E-state index in [-0.39, 0.29) is 18.2 Å². The first kappa shape index (κ1) is 31.8. The van der Waals surface area contributed by atoms with Crippen LogP contribution in [0.4, 0.5) is 24.5 Å². The molecule has 2 aliphatic rings. The van der Waals surface area contributed by atoms with Crippen LogP contribution in [-0.2, 0) is 15.8 Å². The molecule has 3 aromatic rings. The van der Waals surface area contributed by atoms with E-state index in [1.165, 1.54) is 27.4 Å². The molecule has 0 spiro atoms. The van der Waals surface area contributed by atoms with Crippen molar-refractivity contribution in [1.29, 1.82) is 0 Å². The van der Waals surface area contributed by atoms with Crippen LogP contribution in [-0.4, -0.2) is 71.3 Å². The quantitative estimate of drug-likeness (QED) is 0.323. The molecule has 2 aliphatic heterocycles. The third kappa shape index (κ3) is 6.45. The highest BCUT2D eigenvalue weighted by Crippen LogP contribution is 2.47. The van der Waals surface area contributed by atoms with E-state index in [2.05, 4.69) is 0 Å². The molecule has 0 saturated carbocycles. The lowest BCUT2D eigenvalue weighted by molar-refractivity contribution is -0.139. The smallest absolute Gasteiger partial charge is 0.416 e. The maximum atomic E-state index is 14.2. The highest BCUT2D eigenvalue weighted by Gasteiger charge is 2.44. The topological polar surface area (TPSA) is 80.8 Å². The molecule has 2 fully saturated rings. The van der Waals surface area contributed by atoms with Gasteiger partial charge in [-0.25, -0.2) is 0 Å². The summed E-state index contributed by atoms with van der Waals surface area (Å²) in [6.07, 6.45) is -3.96. The van der Waals surface area contributed by atoms with Gasteiger partial charge in [-0.2, -0.15) is 13.2 Å². The number of amides is 2. The third-order valence-corrected chi connectivity index (χ3v) is 8.43. The number of hydrogen-bond donors (Lipinski definition) is 0. The van der Waals surface area contributed by atoms with Crippen LogP contribution in [0.15, 0.2) is 60.7 Å². The molecule has 9 nitrogen and oxygen atoms in total. The number of hydrogen-bond acceptors (Lipinski definition) is 7. The van der Waals surface area contributed by atoms with E-state index in [9.17, 15) is 22.8 Å². The van der Waals surface area contributed by atoms with Crippen LogP contribution in [0.25, 0.3) is 0 Å². The minimum Gasteiger partial charge on any atom is -0.497 e. The normalized spacial score (nSPS) is 18.9. The van der Waals surface area contributed by atoms with Gasteiger partial charge in [0.15, 0.2) is 11.5 Å². The Morgan fingerprint density at radius 1 is 0.800 bits per heavy atom. The lowest BCUT2D eigenvalue weighted by Gasteiger charge is -2.44. The Balaban J connectivity index is 1.46. The first-order valence-corrected chi connectivity index (χ1v) is 14.6. The molecule has 0 aromatic heterocycles. The zero-order valence-electron chi connectivity index (χ0n) is 25.6. The third-order valence-electron chi connectivity index (χ3n) is 8.43. The van der Waals surface area contributed by atoms with E-state index < -0.39 is 23.7 Å². The summed E-state index contributed by atoms with van der Waals surface area (Å²) in [4.78, 5) is 33.1. The van der Waals surface area contributed by atoms with Crippen molar-refractivity contribution in [2.24, 2.45) is 5.92 Å². The first-order chi connectivity index (χ1) is 21.6. The first-order valence-electron chi connectivity index (χ1n) is 14.6. The summed E-state index contributed by atoms with van der Waals surface area (Å²) in [5.74, 6) is 0.872. The molecule has 2 heterocycles. The lowest BCUT2D eigenvalue weighted by Crippen LogP contribution is -2.54. The van der Waals surface area contributed by atoms with Gasteiger partial charge in [-0.15, -0.1) is 0 Å². The fourth-order valence-electron chi connectivity index (χ4n) is 6.14. The number of anilines is 2. The minimum absolute atomic E-state index is 0.121. The highest BCUT2D eigenvalue weighted by atomic mass is 19.4. The molecular weight excluding hydrogens is 591 g/mol. The molecule has 12 heteroatoms. The molecule has 2 saturated heterocycles. The van der Waals surface area contributed by atoms with Crippen LogP contribution in [0.1, 0.15) is 30.0 Å². The van der Waals surface area contributed by atoms with Gasteiger partial charge in [0.2, 0.25) is 17.6 Å². The Labute approximate surface area is 260 Å². The van der Waals surface area contributed by atoms with Crippen molar-refractivity contribution < 1.29 is 41.7 Å². The van der Waals surface area contributed by atoms with Crippen molar-refractivity contribution in [3.8, 4) is 23.0 Å². The number of halogens is 3. The molecule has 5 rings (SSSR count).